The second-order valence-corrected chi connectivity index (χ2v) is 4.32. The fraction of sp³-hybridized carbons (Fsp3) is 0.0909. The van der Waals surface area contributed by atoms with Crippen molar-refractivity contribution in [2.75, 3.05) is 0 Å². The van der Waals surface area contributed by atoms with Crippen molar-refractivity contribution in [2.24, 2.45) is 0 Å². The largest absolute Gasteiger partial charge is 0.475 e. The summed E-state index contributed by atoms with van der Waals surface area (Å²) in [6, 6.07) is 3.69. The maximum Gasteiger partial charge on any atom is 0.374 e. The molecule has 100 valence electrons. The number of carboxylic acid groups (broad SMARTS) is 1. The fourth-order valence-corrected chi connectivity index (χ4v) is 1.63. The van der Waals surface area contributed by atoms with Gasteiger partial charge in [0.05, 0.1) is 4.47 Å². The number of benzene rings is 1. The van der Waals surface area contributed by atoms with E-state index in [4.69, 9.17) is 9.52 Å². The molecule has 8 heteroatoms. The van der Waals surface area contributed by atoms with Crippen LogP contribution in [0.15, 0.2) is 27.1 Å². The van der Waals surface area contributed by atoms with Crippen LogP contribution in [0.2, 0.25) is 0 Å². The number of aromatic nitrogens is 1. The molecule has 1 aromatic carbocycles. The fourth-order valence-electron chi connectivity index (χ4n) is 1.39. The van der Waals surface area contributed by atoms with Gasteiger partial charge in [0.1, 0.15) is 5.82 Å². The number of halogens is 4. The third-order valence-electron chi connectivity index (χ3n) is 2.22. The molecule has 2 aromatic rings. The SMILES string of the molecule is O=C(O)c1oc(-c2ccc(Br)c(F)c2)nc1C(F)F. The molecule has 1 aromatic heterocycles. The number of nitrogens with zero attached hydrogens (tertiary/aromatic N) is 1. The number of hydrogen-bond donors (Lipinski definition) is 1. The summed E-state index contributed by atoms with van der Waals surface area (Å²) in [5.74, 6) is -3.63. The molecule has 2 rings (SSSR count). The molecule has 0 saturated heterocycles. The predicted octanol–water partition coefficient (Wildman–Crippen LogP) is 3.88. The van der Waals surface area contributed by atoms with Crippen molar-refractivity contribution in [3.05, 3.63) is 39.9 Å². The lowest BCUT2D eigenvalue weighted by molar-refractivity contribution is 0.0647. The summed E-state index contributed by atoms with van der Waals surface area (Å²) in [4.78, 5) is 14.1. The van der Waals surface area contributed by atoms with Crippen LogP contribution in [0.25, 0.3) is 11.5 Å². The van der Waals surface area contributed by atoms with Gasteiger partial charge in [0.2, 0.25) is 11.7 Å². The topological polar surface area (TPSA) is 63.3 Å². The van der Waals surface area contributed by atoms with Gasteiger partial charge in [-0.3, -0.25) is 0 Å². The lowest BCUT2D eigenvalue weighted by atomic mass is 10.2. The highest BCUT2D eigenvalue weighted by molar-refractivity contribution is 9.10. The summed E-state index contributed by atoms with van der Waals surface area (Å²) in [5.41, 5.74) is -0.916. The predicted molar refractivity (Wildman–Crippen MR) is 61.5 cm³/mol. The van der Waals surface area contributed by atoms with E-state index < -0.39 is 29.7 Å². The van der Waals surface area contributed by atoms with Gasteiger partial charge in [-0.2, -0.15) is 0 Å². The molecule has 0 spiro atoms. The van der Waals surface area contributed by atoms with Crippen LogP contribution in [0.1, 0.15) is 22.7 Å². The molecule has 0 radical (unpaired) electrons. The number of carbonyl (C=O) groups is 1. The number of aromatic carboxylic acids is 1. The molecule has 0 aliphatic heterocycles. The van der Waals surface area contributed by atoms with E-state index in [-0.39, 0.29) is 15.9 Å². The summed E-state index contributed by atoms with van der Waals surface area (Å²) in [6.07, 6.45) is -3.09. The highest BCUT2D eigenvalue weighted by atomic mass is 79.9. The van der Waals surface area contributed by atoms with E-state index >= 15 is 0 Å². The second-order valence-electron chi connectivity index (χ2n) is 3.47. The van der Waals surface area contributed by atoms with Gasteiger partial charge in [-0.15, -0.1) is 0 Å². The number of rotatable bonds is 3. The highest BCUT2D eigenvalue weighted by Crippen LogP contribution is 2.29. The van der Waals surface area contributed by atoms with Crippen LogP contribution in [-0.2, 0) is 0 Å². The molecule has 0 fully saturated rings. The minimum atomic E-state index is -3.09. The normalized spacial score (nSPS) is 11.0. The van der Waals surface area contributed by atoms with Crippen molar-refractivity contribution in [3.8, 4) is 11.5 Å². The molecular weight excluding hydrogens is 331 g/mol. The zero-order valence-electron chi connectivity index (χ0n) is 9.03. The van der Waals surface area contributed by atoms with Crippen molar-refractivity contribution in [2.45, 2.75) is 6.43 Å². The molecular formula is C11H5BrF3NO3. The Morgan fingerprint density at radius 1 is 1.42 bits per heavy atom. The third kappa shape index (κ3) is 2.62. The number of alkyl halides is 2. The van der Waals surface area contributed by atoms with Crippen molar-refractivity contribution < 1.29 is 27.5 Å². The van der Waals surface area contributed by atoms with Crippen molar-refractivity contribution in [1.29, 1.82) is 0 Å². The van der Waals surface area contributed by atoms with Crippen LogP contribution >= 0.6 is 15.9 Å². The monoisotopic (exact) mass is 335 g/mol. The summed E-state index contributed by atoms with van der Waals surface area (Å²) in [7, 11) is 0. The van der Waals surface area contributed by atoms with Crippen molar-refractivity contribution >= 4 is 21.9 Å². The molecule has 19 heavy (non-hydrogen) atoms. The molecule has 1 heterocycles. The molecule has 0 aliphatic rings. The molecule has 0 saturated carbocycles. The highest BCUT2D eigenvalue weighted by Gasteiger charge is 2.26. The smallest absolute Gasteiger partial charge is 0.374 e. The van der Waals surface area contributed by atoms with Crippen molar-refractivity contribution in [3.63, 3.8) is 0 Å². The van der Waals surface area contributed by atoms with Crippen LogP contribution in [0.4, 0.5) is 13.2 Å². The zero-order valence-corrected chi connectivity index (χ0v) is 10.6. The Balaban J connectivity index is 2.54. The van der Waals surface area contributed by atoms with Gasteiger partial charge in [-0.05, 0) is 34.1 Å². The van der Waals surface area contributed by atoms with Crippen LogP contribution in [0.3, 0.4) is 0 Å². The first-order valence-electron chi connectivity index (χ1n) is 4.87. The molecule has 0 aliphatic carbocycles. The molecule has 1 N–H and O–H groups in total. The molecule has 4 nitrogen and oxygen atoms in total. The molecule has 0 amide bonds. The Labute approximate surface area is 113 Å². The quantitative estimate of drug-likeness (QED) is 0.924. The zero-order chi connectivity index (χ0) is 14.2. The first-order valence-corrected chi connectivity index (χ1v) is 5.67. The molecule has 0 atom stereocenters. The lowest BCUT2D eigenvalue weighted by Gasteiger charge is -1.97. The van der Waals surface area contributed by atoms with Gasteiger partial charge in [0, 0.05) is 5.56 Å². The van der Waals surface area contributed by atoms with Gasteiger partial charge in [0.15, 0.2) is 5.69 Å². The summed E-state index contributed by atoms with van der Waals surface area (Å²) < 4.78 is 43.4. The number of carboxylic acids is 1. The van der Waals surface area contributed by atoms with Gasteiger partial charge in [0.25, 0.3) is 6.43 Å². The Bertz CT molecular complexity index is 642. The maximum atomic E-state index is 13.3. The van der Waals surface area contributed by atoms with E-state index in [0.717, 1.165) is 6.07 Å². The Kier molecular flexibility index (Phi) is 3.61. The minimum Gasteiger partial charge on any atom is -0.475 e. The first kappa shape index (κ1) is 13.6. The van der Waals surface area contributed by atoms with Crippen LogP contribution < -0.4 is 0 Å². The second kappa shape index (κ2) is 5.04. The summed E-state index contributed by atoms with van der Waals surface area (Å²) in [6.45, 7) is 0. The molecule has 0 bridgehead atoms. The number of hydrogen-bond acceptors (Lipinski definition) is 3. The first-order chi connectivity index (χ1) is 8.90. The van der Waals surface area contributed by atoms with Gasteiger partial charge in [-0.1, -0.05) is 0 Å². The summed E-state index contributed by atoms with van der Waals surface area (Å²) in [5, 5.41) is 8.72. The average Bonchev–Trinajstić information content (AvgIpc) is 2.78. The van der Waals surface area contributed by atoms with E-state index in [0.29, 0.717) is 0 Å². The summed E-state index contributed by atoms with van der Waals surface area (Å²) >= 11 is 2.93. The lowest BCUT2D eigenvalue weighted by Crippen LogP contribution is -1.99. The van der Waals surface area contributed by atoms with E-state index in [1.54, 1.807) is 0 Å². The molecule has 0 unspecified atom stereocenters. The maximum absolute atomic E-state index is 13.3. The average molecular weight is 336 g/mol. The number of oxazole rings is 1. The van der Waals surface area contributed by atoms with Crippen LogP contribution in [-0.4, -0.2) is 16.1 Å². The van der Waals surface area contributed by atoms with E-state index in [1.165, 1.54) is 12.1 Å². The van der Waals surface area contributed by atoms with Crippen molar-refractivity contribution in [1.82, 2.24) is 4.98 Å². The van der Waals surface area contributed by atoms with E-state index in [1.807, 2.05) is 0 Å². The van der Waals surface area contributed by atoms with Gasteiger partial charge < -0.3 is 9.52 Å². The van der Waals surface area contributed by atoms with Gasteiger partial charge in [-0.25, -0.2) is 22.9 Å². The Morgan fingerprint density at radius 3 is 2.58 bits per heavy atom. The van der Waals surface area contributed by atoms with E-state index in [2.05, 4.69) is 20.9 Å². The third-order valence-corrected chi connectivity index (χ3v) is 2.86. The standard InChI is InChI=1S/C11H5BrF3NO3/c12-5-2-1-4(3-6(5)13)10-16-7(9(14)15)8(19-10)11(17)18/h1-3,9H,(H,17,18). The Hall–Kier alpha value is -1.83. The van der Waals surface area contributed by atoms with Crippen LogP contribution in [0, 0.1) is 5.82 Å². The van der Waals surface area contributed by atoms with E-state index in [9.17, 15) is 18.0 Å². The Morgan fingerprint density at radius 2 is 2.11 bits per heavy atom. The van der Waals surface area contributed by atoms with Gasteiger partial charge >= 0.3 is 5.97 Å². The minimum absolute atomic E-state index is 0.0649. The van der Waals surface area contributed by atoms with Crippen LogP contribution in [0.5, 0.6) is 0 Å².